The Bertz CT molecular complexity index is 1570. The normalized spacial score (nSPS) is 18.1. The van der Waals surface area contributed by atoms with Gasteiger partial charge in [0.15, 0.2) is 0 Å². The van der Waals surface area contributed by atoms with Crippen molar-refractivity contribution in [3.8, 4) is 38.7 Å². The van der Waals surface area contributed by atoms with Gasteiger partial charge >= 0.3 is 5.97 Å². The molecule has 8 nitrogen and oxygen atoms in total. The molecule has 0 saturated carbocycles. The van der Waals surface area contributed by atoms with Crippen LogP contribution in [0.3, 0.4) is 0 Å². The summed E-state index contributed by atoms with van der Waals surface area (Å²) in [5.41, 5.74) is 5.70. The molecule has 2 aliphatic heterocycles. The van der Waals surface area contributed by atoms with Gasteiger partial charge in [0, 0.05) is 47.9 Å². The van der Waals surface area contributed by atoms with Crippen molar-refractivity contribution in [2.75, 3.05) is 20.8 Å². The third-order valence-corrected chi connectivity index (χ3v) is 9.16. The third kappa shape index (κ3) is 3.90. The zero-order valence-electron chi connectivity index (χ0n) is 22.7. The van der Waals surface area contributed by atoms with Gasteiger partial charge in [-0.3, -0.25) is 9.48 Å². The van der Waals surface area contributed by atoms with Crippen LogP contribution in [0.15, 0.2) is 48.0 Å². The fourth-order valence-electron chi connectivity index (χ4n) is 6.30. The number of amides is 1. The van der Waals surface area contributed by atoms with E-state index in [2.05, 4.69) is 33.2 Å². The largest absolute Gasteiger partial charge is 0.496 e. The van der Waals surface area contributed by atoms with E-state index < -0.39 is 5.54 Å². The second-order valence-corrected chi connectivity index (χ2v) is 11.1. The summed E-state index contributed by atoms with van der Waals surface area (Å²) in [4.78, 5) is 30.1. The zero-order valence-corrected chi connectivity index (χ0v) is 23.5. The van der Waals surface area contributed by atoms with Crippen molar-refractivity contribution in [3.05, 3.63) is 59.2 Å². The molecule has 0 aliphatic carbocycles. The number of aryl methyl sites for hydroxylation is 2. The molecular weight excluding hydrogens is 512 g/mol. The molecule has 4 aromatic rings. The third-order valence-electron chi connectivity index (χ3n) is 8.26. The predicted octanol–water partition coefficient (Wildman–Crippen LogP) is 5.41. The van der Waals surface area contributed by atoms with Crippen molar-refractivity contribution in [2.45, 2.75) is 44.7 Å². The summed E-state index contributed by atoms with van der Waals surface area (Å²) in [6, 6.07) is 12.4. The summed E-state index contributed by atoms with van der Waals surface area (Å²) in [6.07, 6.45) is 4.59. The fraction of sp³-hybridized carbons (Fsp3) is 0.367. The van der Waals surface area contributed by atoms with Crippen LogP contribution < -0.4 is 4.74 Å². The summed E-state index contributed by atoms with van der Waals surface area (Å²) in [7, 11) is 4.99. The molecule has 39 heavy (non-hydrogen) atoms. The molecule has 9 heteroatoms. The number of carbonyl (C=O) groups is 2. The summed E-state index contributed by atoms with van der Waals surface area (Å²) in [6.45, 7) is 3.15. The highest BCUT2D eigenvalue weighted by atomic mass is 32.1. The number of nitrogens with zero attached hydrogens (tertiary/aromatic N) is 4. The van der Waals surface area contributed by atoms with E-state index in [1.54, 1.807) is 28.0 Å². The molecule has 1 aromatic carbocycles. The van der Waals surface area contributed by atoms with E-state index in [0.717, 1.165) is 51.5 Å². The Morgan fingerprint density at radius 1 is 1.10 bits per heavy atom. The first-order valence-corrected chi connectivity index (χ1v) is 14.2. The number of benzene rings is 1. The number of hydrogen-bond donors (Lipinski definition) is 0. The van der Waals surface area contributed by atoms with Gasteiger partial charge in [0.05, 0.1) is 25.6 Å². The van der Waals surface area contributed by atoms with Gasteiger partial charge in [0.25, 0.3) is 5.91 Å². The predicted molar refractivity (Wildman–Crippen MR) is 151 cm³/mol. The van der Waals surface area contributed by atoms with Gasteiger partial charge in [-0.05, 0) is 67.0 Å². The summed E-state index contributed by atoms with van der Waals surface area (Å²) in [5.74, 6) is 0.326. The molecule has 202 valence electrons. The number of carbonyl (C=O) groups excluding carboxylic acids is 2. The molecular formula is C30H32N4O4S. The Hall–Kier alpha value is -3.85. The number of fused-ring (bicyclic) bond motifs is 3. The summed E-state index contributed by atoms with van der Waals surface area (Å²) >= 11 is 1.65. The zero-order chi connectivity index (χ0) is 27.3. The molecule has 0 spiro atoms. The second-order valence-electron chi connectivity index (χ2n) is 10.2. The molecule has 6 rings (SSSR count). The number of aromatic nitrogens is 3. The average Bonchev–Trinajstić information content (AvgIpc) is 3.76. The van der Waals surface area contributed by atoms with Crippen LogP contribution in [0.2, 0.25) is 0 Å². The number of methoxy groups -OCH3 is 2. The maximum Gasteiger partial charge on any atom is 0.331 e. The minimum atomic E-state index is -0.925. The van der Waals surface area contributed by atoms with E-state index in [4.69, 9.17) is 9.47 Å². The minimum Gasteiger partial charge on any atom is -0.496 e. The molecule has 3 aromatic heterocycles. The standard InChI is InChI=1S/C30H32N4O4S/c1-5-30(29(36)38-4)11-7-12-34(30)28(35)24-18-22(26-8-6-15-39-26)27-20-17-21(23-10-13-32(2)31-23)25(37-3)16-19(20)9-14-33(24)27/h6,8,10,13,15-18H,5,7,9,11-12,14H2,1-4H3. The van der Waals surface area contributed by atoms with Gasteiger partial charge in [-0.15, -0.1) is 11.3 Å². The molecule has 0 N–H and O–H groups in total. The van der Waals surface area contributed by atoms with E-state index >= 15 is 0 Å². The van der Waals surface area contributed by atoms with Gasteiger partial charge in [0.1, 0.15) is 17.0 Å². The van der Waals surface area contributed by atoms with Crippen LogP contribution in [0.1, 0.15) is 42.2 Å². The lowest BCUT2D eigenvalue weighted by Gasteiger charge is -2.35. The number of hydrogen-bond acceptors (Lipinski definition) is 6. The van der Waals surface area contributed by atoms with Gasteiger partial charge in [-0.1, -0.05) is 13.0 Å². The fourth-order valence-corrected chi connectivity index (χ4v) is 7.05. The van der Waals surface area contributed by atoms with Crippen LogP contribution in [0.5, 0.6) is 5.75 Å². The van der Waals surface area contributed by atoms with Crippen LogP contribution in [0.4, 0.5) is 0 Å². The van der Waals surface area contributed by atoms with E-state index in [0.29, 0.717) is 31.6 Å². The molecule has 0 radical (unpaired) electrons. The van der Waals surface area contributed by atoms with Crippen LogP contribution in [-0.4, -0.2) is 57.4 Å². The molecule has 1 unspecified atom stereocenters. The van der Waals surface area contributed by atoms with E-state index in [1.807, 2.05) is 38.4 Å². The molecule has 1 saturated heterocycles. The van der Waals surface area contributed by atoms with Crippen molar-refractivity contribution in [1.82, 2.24) is 19.2 Å². The van der Waals surface area contributed by atoms with Gasteiger partial charge in [0.2, 0.25) is 0 Å². The topological polar surface area (TPSA) is 78.6 Å². The quantitative estimate of drug-likeness (QED) is 0.304. The van der Waals surface area contributed by atoms with Crippen LogP contribution in [0, 0.1) is 0 Å². The lowest BCUT2D eigenvalue weighted by atomic mass is 9.92. The highest BCUT2D eigenvalue weighted by Gasteiger charge is 2.50. The number of thiophene rings is 1. The Morgan fingerprint density at radius 3 is 2.62 bits per heavy atom. The number of likely N-dealkylation sites (tertiary alicyclic amines) is 1. The molecule has 2 aliphatic rings. The minimum absolute atomic E-state index is 0.120. The van der Waals surface area contributed by atoms with E-state index in [1.165, 1.54) is 12.7 Å². The first kappa shape index (κ1) is 25.4. The van der Waals surface area contributed by atoms with Crippen LogP contribution in [0.25, 0.3) is 33.0 Å². The SMILES string of the molecule is CCC1(C(=O)OC)CCCN1C(=O)c1cc(-c2cccs2)c2n1CCc1cc(OC)c(-c3ccn(C)n3)cc1-2. The Balaban J connectivity index is 1.54. The Labute approximate surface area is 231 Å². The molecule has 0 bridgehead atoms. The Kier molecular flexibility index (Phi) is 6.33. The smallest absolute Gasteiger partial charge is 0.331 e. The van der Waals surface area contributed by atoms with Crippen molar-refractivity contribution >= 4 is 23.2 Å². The Morgan fingerprint density at radius 2 is 1.95 bits per heavy atom. The average molecular weight is 545 g/mol. The van der Waals surface area contributed by atoms with Gasteiger partial charge in [-0.2, -0.15) is 5.10 Å². The first-order chi connectivity index (χ1) is 18.9. The number of ether oxygens (including phenoxy) is 2. The second kappa shape index (κ2) is 9.72. The molecule has 5 heterocycles. The maximum absolute atomic E-state index is 14.3. The summed E-state index contributed by atoms with van der Waals surface area (Å²) in [5, 5.41) is 6.68. The molecule has 1 amide bonds. The lowest BCUT2D eigenvalue weighted by molar-refractivity contribution is -0.152. The maximum atomic E-state index is 14.3. The van der Waals surface area contributed by atoms with Crippen molar-refractivity contribution in [3.63, 3.8) is 0 Å². The molecule has 1 fully saturated rings. The number of rotatable bonds is 6. The number of esters is 1. The van der Waals surface area contributed by atoms with Crippen molar-refractivity contribution in [2.24, 2.45) is 7.05 Å². The monoisotopic (exact) mass is 544 g/mol. The van der Waals surface area contributed by atoms with E-state index in [9.17, 15) is 9.59 Å². The molecule has 1 atom stereocenters. The van der Waals surface area contributed by atoms with Crippen molar-refractivity contribution < 1.29 is 19.1 Å². The first-order valence-electron chi connectivity index (χ1n) is 13.3. The highest BCUT2D eigenvalue weighted by Crippen LogP contribution is 2.46. The van der Waals surface area contributed by atoms with E-state index in [-0.39, 0.29) is 11.9 Å². The highest BCUT2D eigenvalue weighted by molar-refractivity contribution is 7.13. The van der Waals surface area contributed by atoms with Crippen molar-refractivity contribution in [1.29, 1.82) is 0 Å². The van der Waals surface area contributed by atoms with Gasteiger partial charge in [-0.25, -0.2) is 4.79 Å². The van der Waals surface area contributed by atoms with Crippen LogP contribution >= 0.6 is 11.3 Å². The summed E-state index contributed by atoms with van der Waals surface area (Å²) < 4.78 is 14.9. The lowest BCUT2D eigenvalue weighted by Crippen LogP contribution is -2.53. The van der Waals surface area contributed by atoms with Crippen LogP contribution in [-0.2, 0) is 29.5 Å². The van der Waals surface area contributed by atoms with Gasteiger partial charge < -0.3 is 18.9 Å².